The molecule has 3 heterocycles. The van der Waals surface area contributed by atoms with Crippen molar-refractivity contribution in [2.24, 2.45) is 5.92 Å². The molecule has 1 aliphatic carbocycles. The second-order valence-corrected chi connectivity index (χ2v) is 8.84. The second-order valence-electron chi connectivity index (χ2n) is 7.73. The largest absolute Gasteiger partial charge is 0.465 e. The van der Waals surface area contributed by atoms with Gasteiger partial charge in [-0.1, -0.05) is 13.8 Å². The maximum absolute atomic E-state index is 12.5. The molecule has 1 unspecified atom stereocenters. The van der Waals surface area contributed by atoms with E-state index < -0.39 is 0 Å². The molecule has 9 heteroatoms. The molecular formula is C20H25N5O3S. The number of anilines is 4. The molecule has 4 rings (SSSR count). The molecular weight excluding hydrogens is 390 g/mol. The molecule has 0 radical (unpaired) electrons. The summed E-state index contributed by atoms with van der Waals surface area (Å²) in [5, 5.41) is 10.1. The number of hydrogen-bond acceptors (Lipinski definition) is 8. The van der Waals surface area contributed by atoms with Crippen molar-refractivity contribution in [3.8, 4) is 0 Å². The number of aryl methyl sites for hydroxylation is 2. The molecule has 2 aromatic heterocycles. The van der Waals surface area contributed by atoms with Gasteiger partial charge in [0.05, 0.1) is 12.7 Å². The van der Waals surface area contributed by atoms with Crippen molar-refractivity contribution in [2.75, 3.05) is 23.1 Å². The molecule has 0 fully saturated rings. The highest BCUT2D eigenvalue weighted by molar-refractivity contribution is 7.16. The number of nitrogens with zero attached hydrogens (tertiary/aromatic N) is 2. The molecule has 1 atom stereocenters. The highest BCUT2D eigenvalue weighted by Gasteiger charge is 2.32. The molecule has 0 spiro atoms. The van der Waals surface area contributed by atoms with Crippen molar-refractivity contribution in [1.82, 2.24) is 9.97 Å². The fourth-order valence-electron chi connectivity index (χ4n) is 3.85. The molecule has 0 aromatic carbocycles. The standard InChI is InChI=1S/C20H25N5O3S/c1-9(2)14-18(26)24-15-16(23-14)21-10(3)22-17(15)25-19-13(20(27)28-4)11-7-5-6-8-12(11)29-19/h9,14H,5-8H2,1-4H3,(H,24,26)(H2,21,22,23,25). The highest BCUT2D eigenvalue weighted by atomic mass is 32.1. The van der Waals surface area contributed by atoms with Gasteiger partial charge < -0.3 is 20.7 Å². The summed E-state index contributed by atoms with van der Waals surface area (Å²) in [5.41, 5.74) is 2.14. The Labute approximate surface area is 173 Å². The predicted octanol–water partition coefficient (Wildman–Crippen LogP) is 3.64. The maximum atomic E-state index is 12.5. The quantitative estimate of drug-likeness (QED) is 0.655. The van der Waals surface area contributed by atoms with Crippen molar-refractivity contribution >= 4 is 45.5 Å². The lowest BCUT2D eigenvalue weighted by Gasteiger charge is -2.29. The van der Waals surface area contributed by atoms with Crippen LogP contribution in [0.2, 0.25) is 0 Å². The second kappa shape index (κ2) is 7.62. The average Bonchev–Trinajstić information content (AvgIpc) is 3.05. The van der Waals surface area contributed by atoms with Crippen LogP contribution >= 0.6 is 11.3 Å². The van der Waals surface area contributed by atoms with Gasteiger partial charge in [-0.2, -0.15) is 0 Å². The maximum Gasteiger partial charge on any atom is 0.341 e. The number of hydrogen-bond donors (Lipinski definition) is 3. The molecule has 0 saturated heterocycles. The number of carbonyl (C=O) groups is 2. The minimum Gasteiger partial charge on any atom is -0.465 e. The molecule has 29 heavy (non-hydrogen) atoms. The number of nitrogens with one attached hydrogen (secondary N) is 3. The zero-order valence-electron chi connectivity index (χ0n) is 17.0. The number of esters is 1. The molecule has 0 bridgehead atoms. The van der Waals surface area contributed by atoms with Crippen molar-refractivity contribution in [3.63, 3.8) is 0 Å². The van der Waals surface area contributed by atoms with E-state index in [1.807, 2.05) is 13.8 Å². The Morgan fingerprint density at radius 2 is 2.03 bits per heavy atom. The summed E-state index contributed by atoms with van der Waals surface area (Å²) in [4.78, 5) is 35.2. The third kappa shape index (κ3) is 3.55. The van der Waals surface area contributed by atoms with Crippen LogP contribution in [0.3, 0.4) is 0 Å². The van der Waals surface area contributed by atoms with Crippen LogP contribution in [0.25, 0.3) is 0 Å². The Balaban J connectivity index is 1.76. The van der Waals surface area contributed by atoms with Gasteiger partial charge in [0.25, 0.3) is 0 Å². The van der Waals surface area contributed by atoms with Gasteiger partial charge in [-0.05, 0) is 44.1 Å². The van der Waals surface area contributed by atoms with Gasteiger partial charge in [0.1, 0.15) is 22.6 Å². The first kappa shape index (κ1) is 19.6. The summed E-state index contributed by atoms with van der Waals surface area (Å²) in [7, 11) is 1.39. The fraction of sp³-hybridized carbons (Fsp3) is 0.500. The van der Waals surface area contributed by atoms with E-state index in [0.717, 1.165) is 31.2 Å². The smallest absolute Gasteiger partial charge is 0.341 e. The average molecular weight is 416 g/mol. The van der Waals surface area contributed by atoms with Crippen LogP contribution in [0.15, 0.2) is 0 Å². The number of thiophene rings is 1. The molecule has 1 aliphatic heterocycles. The molecule has 8 nitrogen and oxygen atoms in total. The van der Waals surface area contributed by atoms with Crippen LogP contribution in [-0.2, 0) is 22.4 Å². The van der Waals surface area contributed by atoms with Crippen molar-refractivity contribution < 1.29 is 14.3 Å². The number of methoxy groups -OCH3 is 1. The molecule has 154 valence electrons. The number of rotatable bonds is 4. The normalized spacial score (nSPS) is 17.8. The summed E-state index contributed by atoms with van der Waals surface area (Å²) >= 11 is 1.56. The van der Waals surface area contributed by atoms with E-state index in [1.165, 1.54) is 12.0 Å². The topological polar surface area (TPSA) is 105 Å². The fourth-order valence-corrected chi connectivity index (χ4v) is 5.12. The van der Waals surface area contributed by atoms with E-state index in [1.54, 1.807) is 18.3 Å². The number of ether oxygens (including phenoxy) is 1. The number of fused-ring (bicyclic) bond motifs is 2. The lowest BCUT2D eigenvalue weighted by atomic mass is 9.95. The van der Waals surface area contributed by atoms with E-state index >= 15 is 0 Å². The van der Waals surface area contributed by atoms with Crippen molar-refractivity contribution in [1.29, 1.82) is 0 Å². The molecule has 3 N–H and O–H groups in total. The summed E-state index contributed by atoms with van der Waals surface area (Å²) in [5.74, 6) is 1.26. The number of aromatic nitrogens is 2. The summed E-state index contributed by atoms with van der Waals surface area (Å²) < 4.78 is 5.05. The van der Waals surface area contributed by atoms with Crippen LogP contribution < -0.4 is 16.0 Å². The Bertz CT molecular complexity index is 985. The van der Waals surface area contributed by atoms with Crippen LogP contribution in [0.1, 0.15) is 53.3 Å². The van der Waals surface area contributed by atoms with Gasteiger partial charge in [-0.25, -0.2) is 14.8 Å². The summed E-state index contributed by atoms with van der Waals surface area (Å²) in [6.45, 7) is 5.76. The van der Waals surface area contributed by atoms with Crippen LogP contribution in [0.5, 0.6) is 0 Å². The van der Waals surface area contributed by atoms with Gasteiger partial charge in [0.2, 0.25) is 5.91 Å². The number of amides is 1. The first-order chi connectivity index (χ1) is 13.9. The molecule has 2 aliphatic rings. The molecule has 2 aromatic rings. The first-order valence-corrected chi connectivity index (χ1v) is 10.7. The summed E-state index contributed by atoms with van der Waals surface area (Å²) in [6.07, 6.45) is 4.01. The number of carbonyl (C=O) groups excluding carboxylic acids is 2. The zero-order chi connectivity index (χ0) is 20.7. The Morgan fingerprint density at radius 3 is 2.76 bits per heavy atom. The third-order valence-corrected chi connectivity index (χ3v) is 6.51. The lowest BCUT2D eigenvalue weighted by molar-refractivity contribution is -0.117. The van der Waals surface area contributed by atoms with Gasteiger partial charge >= 0.3 is 5.97 Å². The van der Waals surface area contributed by atoms with Gasteiger partial charge in [0.15, 0.2) is 11.6 Å². The Morgan fingerprint density at radius 1 is 1.28 bits per heavy atom. The highest BCUT2D eigenvalue weighted by Crippen LogP contribution is 2.42. The lowest BCUT2D eigenvalue weighted by Crippen LogP contribution is -2.43. The van der Waals surface area contributed by atoms with Crippen LogP contribution in [0, 0.1) is 12.8 Å². The Hall–Kier alpha value is -2.68. The van der Waals surface area contributed by atoms with Crippen molar-refractivity contribution in [2.45, 2.75) is 52.5 Å². The first-order valence-electron chi connectivity index (χ1n) is 9.85. The summed E-state index contributed by atoms with van der Waals surface area (Å²) in [6, 6.07) is -0.357. The molecule has 0 saturated carbocycles. The monoisotopic (exact) mass is 415 g/mol. The predicted molar refractivity (Wildman–Crippen MR) is 113 cm³/mol. The van der Waals surface area contributed by atoms with E-state index in [9.17, 15) is 9.59 Å². The van der Waals surface area contributed by atoms with Crippen molar-refractivity contribution in [3.05, 3.63) is 21.8 Å². The minimum atomic E-state index is -0.357. The van der Waals surface area contributed by atoms with Gasteiger partial charge in [-0.15, -0.1) is 11.3 Å². The van der Waals surface area contributed by atoms with Crippen LogP contribution in [-0.4, -0.2) is 35.0 Å². The van der Waals surface area contributed by atoms with E-state index in [4.69, 9.17) is 4.74 Å². The zero-order valence-corrected chi connectivity index (χ0v) is 17.8. The van der Waals surface area contributed by atoms with Gasteiger partial charge in [0, 0.05) is 4.88 Å². The van der Waals surface area contributed by atoms with E-state index in [-0.39, 0.29) is 23.8 Å². The minimum absolute atomic E-state index is 0.116. The van der Waals surface area contributed by atoms with Gasteiger partial charge in [-0.3, -0.25) is 4.79 Å². The SMILES string of the molecule is COC(=O)c1c(Nc2nc(C)nc3c2NC(=O)C(C(C)C)N3)sc2c1CCCC2. The third-order valence-electron chi connectivity index (χ3n) is 5.30. The van der Waals surface area contributed by atoms with Crippen LogP contribution in [0.4, 0.5) is 22.3 Å². The van der Waals surface area contributed by atoms with E-state index in [2.05, 4.69) is 25.9 Å². The Kier molecular flexibility index (Phi) is 5.16. The molecule has 1 amide bonds. The van der Waals surface area contributed by atoms with E-state index in [0.29, 0.717) is 33.7 Å².